The number of hydrogen-bond donors (Lipinski definition) is 1. The topological polar surface area (TPSA) is 29.1 Å². The Morgan fingerprint density at radius 2 is 1.83 bits per heavy atom. The van der Waals surface area contributed by atoms with Crippen LogP contribution in [0, 0.1) is 13.8 Å². The second-order valence-electron chi connectivity index (χ2n) is 6.06. The molecule has 0 saturated heterocycles. The number of Topliss-reactive ketones (excluding diaryl/α,β-unsaturated/α-hetero) is 1. The normalized spacial score (nSPS) is 11.6. The van der Waals surface area contributed by atoms with Gasteiger partial charge in [0.2, 0.25) is 0 Å². The van der Waals surface area contributed by atoms with E-state index in [1.165, 1.54) is 11.1 Å². The summed E-state index contributed by atoms with van der Waals surface area (Å²) < 4.78 is 0. The van der Waals surface area contributed by atoms with Gasteiger partial charge in [-0.3, -0.25) is 4.79 Å². The SMILES string of the molecule is Cc1ccc(CC(=O)CCNC(C)(C)C)cc1C. The van der Waals surface area contributed by atoms with Crippen molar-refractivity contribution in [1.82, 2.24) is 5.32 Å². The fraction of sp³-hybridized carbons (Fsp3) is 0.562. The lowest BCUT2D eigenvalue weighted by Gasteiger charge is -2.20. The van der Waals surface area contributed by atoms with E-state index in [-0.39, 0.29) is 5.54 Å². The third-order valence-electron chi connectivity index (χ3n) is 3.03. The van der Waals surface area contributed by atoms with Crippen molar-refractivity contribution in [2.24, 2.45) is 0 Å². The Bertz CT molecular complexity index is 416. The molecule has 1 aromatic rings. The highest BCUT2D eigenvalue weighted by molar-refractivity contribution is 5.81. The molecule has 0 aromatic heterocycles. The predicted octanol–water partition coefficient (Wildman–Crippen LogP) is 3.19. The largest absolute Gasteiger partial charge is 0.312 e. The minimum atomic E-state index is 0.0841. The van der Waals surface area contributed by atoms with Gasteiger partial charge in [0.05, 0.1) is 0 Å². The minimum absolute atomic E-state index is 0.0841. The Labute approximate surface area is 111 Å². The van der Waals surface area contributed by atoms with Crippen LogP contribution in [0.15, 0.2) is 18.2 Å². The highest BCUT2D eigenvalue weighted by Crippen LogP contribution is 2.11. The molecule has 0 radical (unpaired) electrons. The van der Waals surface area contributed by atoms with Crippen LogP contribution < -0.4 is 5.32 Å². The van der Waals surface area contributed by atoms with Gasteiger partial charge in [-0.05, 0) is 51.3 Å². The molecule has 18 heavy (non-hydrogen) atoms. The molecule has 0 amide bonds. The highest BCUT2D eigenvalue weighted by Gasteiger charge is 2.10. The molecule has 0 atom stereocenters. The molecule has 0 spiro atoms. The van der Waals surface area contributed by atoms with Gasteiger partial charge in [-0.15, -0.1) is 0 Å². The first-order valence-corrected chi connectivity index (χ1v) is 6.61. The Morgan fingerprint density at radius 1 is 1.17 bits per heavy atom. The predicted molar refractivity (Wildman–Crippen MR) is 77.0 cm³/mol. The van der Waals surface area contributed by atoms with E-state index in [9.17, 15) is 4.79 Å². The van der Waals surface area contributed by atoms with Crippen molar-refractivity contribution >= 4 is 5.78 Å². The maximum atomic E-state index is 11.9. The Kier molecular flexibility index (Phi) is 5.09. The van der Waals surface area contributed by atoms with Gasteiger partial charge < -0.3 is 5.32 Å². The maximum absolute atomic E-state index is 11.9. The average Bonchev–Trinajstić information content (AvgIpc) is 2.21. The summed E-state index contributed by atoms with van der Waals surface area (Å²) in [4.78, 5) is 11.9. The van der Waals surface area contributed by atoms with Crippen LogP contribution >= 0.6 is 0 Å². The lowest BCUT2D eigenvalue weighted by atomic mass is 10.0. The monoisotopic (exact) mass is 247 g/mol. The first-order valence-electron chi connectivity index (χ1n) is 6.61. The number of nitrogens with one attached hydrogen (secondary N) is 1. The Hall–Kier alpha value is -1.15. The quantitative estimate of drug-likeness (QED) is 0.865. The molecule has 2 heteroatoms. The van der Waals surface area contributed by atoms with Crippen molar-refractivity contribution in [3.8, 4) is 0 Å². The fourth-order valence-corrected chi connectivity index (χ4v) is 1.81. The van der Waals surface area contributed by atoms with Crippen molar-refractivity contribution < 1.29 is 4.79 Å². The Morgan fingerprint density at radius 3 is 2.39 bits per heavy atom. The van der Waals surface area contributed by atoms with Crippen LogP contribution in [-0.2, 0) is 11.2 Å². The van der Waals surface area contributed by atoms with E-state index in [2.05, 4.69) is 58.1 Å². The maximum Gasteiger partial charge on any atom is 0.138 e. The average molecular weight is 247 g/mol. The summed E-state index contributed by atoms with van der Waals surface area (Å²) >= 11 is 0. The van der Waals surface area contributed by atoms with Crippen molar-refractivity contribution in [2.75, 3.05) is 6.54 Å². The minimum Gasteiger partial charge on any atom is -0.312 e. The summed E-state index contributed by atoms with van der Waals surface area (Å²) in [6.07, 6.45) is 1.15. The smallest absolute Gasteiger partial charge is 0.138 e. The van der Waals surface area contributed by atoms with E-state index in [1.54, 1.807) is 0 Å². The molecule has 1 aromatic carbocycles. The van der Waals surface area contributed by atoms with Gasteiger partial charge in [-0.1, -0.05) is 18.2 Å². The van der Waals surface area contributed by atoms with Gasteiger partial charge in [0.1, 0.15) is 5.78 Å². The second-order valence-corrected chi connectivity index (χ2v) is 6.06. The highest BCUT2D eigenvalue weighted by atomic mass is 16.1. The first kappa shape index (κ1) is 14.9. The molecule has 0 fully saturated rings. The summed E-state index contributed by atoms with van der Waals surface area (Å²) in [6.45, 7) is 11.3. The van der Waals surface area contributed by atoms with Crippen molar-refractivity contribution in [3.05, 3.63) is 34.9 Å². The van der Waals surface area contributed by atoms with Crippen molar-refractivity contribution in [3.63, 3.8) is 0 Å². The van der Waals surface area contributed by atoms with E-state index in [0.717, 1.165) is 12.1 Å². The zero-order valence-electron chi connectivity index (χ0n) is 12.3. The van der Waals surface area contributed by atoms with Crippen molar-refractivity contribution in [2.45, 2.75) is 53.0 Å². The third-order valence-corrected chi connectivity index (χ3v) is 3.03. The molecular formula is C16H25NO. The number of rotatable bonds is 5. The van der Waals surface area contributed by atoms with E-state index in [1.807, 2.05) is 0 Å². The van der Waals surface area contributed by atoms with E-state index < -0.39 is 0 Å². The summed E-state index contributed by atoms with van der Waals surface area (Å²) in [5.74, 6) is 0.301. The zero-order chi connectivity index (χ0) is 13.8. The molecule has 1 N–H and O–H groups in total. The first-order chi connectivity index (χ1) is 8.28. The summed E-state index contributed by atoms with van der Waals surface area (Å²) in [7, 11) is 0. The van der Waals surface area contributed by atoms with Crippen LogP contribution in [0.2, 0.25) is 0 Å². The van der Waals surface area contributed by atoms with Crippen LogP contribution in [0.5, 0.6) is 0 Å². The van der Waals surface area contributed by atoms with Crippen LogP contribution in [0.1, 0.15) is 43.9 Å². The molecule has 100 valence electrons. The standard InChI is InChI=1S/C16H25NO/c1-12-6-7-14(10-13(12)2)11-15(18)8-9-17-16(3,4)5/h6-7,10,17H,8-9,11H2,1-5H3. The second kappa shape index (κ2) is 6.14. The fourth-order valence-electron chi connectivity index (χ4n) is 1.81. The molecule has 0 aliphatic rings. The number of benzene rings is 1. The number of carbonyl (C=O) groups excluding carboxylic acids is 1. The molecular weight excluding hydrogens is 222 g/mol. The van der Waals surface area contributed by atoms with E-state index in [4.69, 9.17) is 0 Å². The number of ketones is 1. The Balaban J connectivity index is 2.42. The lowest BCUT2D eigenvalue weighted by Crippen LogP contribution is -2.37. The molecule has 0 heterocycles. The van der Waals surface area contributed by atoms with Crippen LogP contribution in [0.4, 0.5) is 0 Å². The number of hydrogen-bond acceptors (Lipinski definition) is 2. The molecule has 0 saturated carbocycles. The summed E-state index contributed by atoms with van der Waals surface area (Å²) in [5.41, 5.74) is 3.74. The molecule has 0 unspecified atom stereocenters. The molecule has 0 bridgehead atoms. The van der Waals surface area contributed by atoms with Gasteiger partial charge in [-0.2, -0.15) is 0 Å². The molecule has 0 aliphatic carbocycles. The molecule has 2 nitrogen and oxygen atoms in total. The van der Waals surface area contributed by atoms with Gasteiger partial charge in [0.25, 0.3) is 0 Å². The van der Waals surface area contributed by atoms with E-state index in [0.29, 0.717) is 18.6 Å². The number of aryl methyl sites for hydroxylation is 2. The van der Waals surface area contributed by atoms with Gasteiger partial charge in [0, 0.05) is 24.9 Å². The van der Waals surface area contributed by atoms with Crippen LogP contribution in [0.3, 0.4) is 0 Å². The summed E-state index contributed by atoms with van der Waals surface area (Å²) in [5, 5.41) is 3.34. The third kappa shape index (κ3) is 5.46. The van der Waals surface area contributed by atoms with E-state index >= 15 is 0 Å². The molecule has 0 aliphatic heterocycles. The molecule has 1 rings (SSSR count). The lowest BCUT2D eigenvalue weighted by molar-refractivity contribution is -0.118. The van der Waals surface area contributed by atoms with Gasteiger partial charge in [0.15, 0.2) is 0 Å². The van der Waals surface area contributed by atoms with Gasteiger partial charge >= 0.3 is 0 Å². The summed E-state index contributed by atoms with van der Waals surface area (Å²) in [6, 6.07) is 6.26. The van der Waals surface area contributed by atoms with Crippen LogP contribution in [-0.4, -0.2) is 17.9 Å². The number of carbonyl (C=O) groups is 1. The van der Waals surface area contributed by atoms with Gasteiger partial charge in [-0.25, -0.2) is 0 Å². The van der Waals surface area contributed by atoms with Crippen LogP contribution in [0.25, 0.3) is 0 Å². The zero-order valence-corrected chi connectivity index (χ0v) is 12.3. The van der Waals surface area contributed by atoms with Crippen molar-refractivity contribution in [1.29, 1.82) is 0 Å².